The summed E-state index contributed by atoms with van der Waals surface area (Å²) in [6.07, 6.45) is 9.96. The molecule has 1 rings (SSSR count). The lowest BCUT2D eigenvalue weighted by Crippen LogP contribution is -1.81. The van der Waals surface area contributed by atoms with Crippen molar-refractivity contribution in [2.24, 2.45) is 0 Å². The number of carbonyl (C=O) groups excluding carboxylic acids is 1. The molecule has 92 valence electrons. The van der Waals surface area contributed by atoms with Crippen LogP contribution in [0.2, 0.25) is 0 Å². The molecule has 0 saturated carbocycles. The number of aryl methyl sites for hydroxylation is 1. The largest absolute Gasteiger partial charge is 0.234 e. The molecule has 1 heteroatoms. The minimum Gasteiger partial charge on any atom is -0.234 e. The summed E-state index contributed by atoms with van der Waals surface area (Å²) >= 11 is 0. The molecule has 1 aromatic rings. The van der Waals surface area contributed by atoms with Gasteiger partial charge in [-0.1, -0.05) is 42.5 Å². The fraction of sp³-hybridized carbons (Fsp3) is 0.294. The summed E-state index contributed by atoms with van der Waals surface area (Å²) in [5.74, 6) is 8.08. The summed E-state index contributed by atoms with van der Waals surface area (Å²) in [6, 6.07) is 10.4. The van der Waals surface area contributed by atoms with Crippen LogP contribution < -0.4 is 0 Å². The normalized spacial score (nSPS) is 9.56. The van der Waals surface area contributed by atoms with Gasteiger partial charge in [0, 0.05) is 18.9 Å². The molecule has 0 N–H and O–H groups in total. The number of unbranched alkanes of at least 4 members (excludes halogenated alkanes) is 2. The van der Waals surface area contributed by atoms with Crippen LogP contribution in [0.25, 0.3) is 0 Å². The lowest BCUT2D eigenvalue weighted by molar-refractivity contribution is 0.569. The molecule has 1 aromatic carbocycles. The molecular formula is C17H18O. The molecule has 0 saturated heterocycles. The minimum absolute atomic E-state index is 0.921. The second kappa shape index (κ2) is 10.1. The Hall–Kier alpha value is -2.03. The van der Waals surface area contributed by atoms with Gasteiger partial charge in [-0.25, -0.2) is 4.79 Å². The van der Waals surface area contributed by atoms with Gasteiger partial charge < -0.3 is 0 Å². The first-order valence-electron chi connectivity index (χ1n) is 6.29. The van der Waals surface area contributed by atoms with Crippen LogP contribution in [0, 0.1) is 11.8 Å². The molecule has 0 bridgehead atoms. The summed E-state index contributed by atoms with van der Waals surface area (Å²) < 4.78 is 0. The van der Waals surface area contributed by atoms with Crippen LogP contribution in [0.4, 0.5) is 0 Å². The maximum Gasteiger partial charge on any atom is 0.124 e. The van der Waals surface area contributed by atoms with Crippen molar-refractivity contribution in [3.8, 4) is 11.8 Å². The van der Waals surface area contributed by atoms with E-state index in [-0.39, 0.29) is 0 Å². The number of hydrogen-bond donors (Lipinski definition) is 0. The van der Waals surface area contributed by atoms with E-state index in [1.807, 2.05) is 12.1 Å². The van der Waals surface area contributed by atoms with E-state index >= 15 is 0 Å². The van der Waals surface area contributed by atoms with Gasteiger partial charge in [-0.2, -0.15) is 0 Å². The molecule has 1 nitrogen and oxygen atoms in total. The molecule has 0 aliphatic carbocycles. The van der Waals surface area contributed by atoms with E-state index in [1.165, 1.54) is 11.6 Å². The van der Waals surface area contributed by atoms with Crippen LogP contribution >= 0.6 is 0 Å². The van der Waals surface area contributed by atoms with Crippen LogP contribution in [0.1, 0.15) is 31.2 Å². The fourth-order valence-electron chi connectivity index (χ4n) is 1.54. The highest BCUT2D eigenvalue weighted by Crippen LogP contribution is 2.01. The Balaban J connectivity index is 2.06. The monoisotopic (exact) mass is 238 g/mol. The fourth-order valence-corrected chi connectivity index (χ4v) is 1.54. The molecule has 0 aliphatic heterocycles. The van der Waals surface area contributed by atoms with Gasteiger partial charge in [0.25, 0.3) is 0 Å². The minimum atomic E-state index is 0.921. The first-order chi connectivity index (χ1) is 8.93. The maximum atomic E-state index is 9.87. The molecule has 0 fully saturated rings. The molecule has 0 heterocycles. The van der Waals surface area contributed by atoms with Gasteiger partial charge in [0.15, 0.2) is 0 Å². The zero-order chi connectivity index (χ0) is 12.9. The predicted molar refractivity (Wildman–Crippen MR) is 75.8 cm³/mol. The lowest BCUT2D eigenvalue weighted by Gasteiger charge is -1.94. The number of hydrogen-bond acceptors (Lipinski definition) is 1. The second-order valence-corrected chi connectivity index (χ2v) is 3.94. The van der Waals surface area contributed by atoms with Gasteiger partial charge in [-0.05, 0) is 24.8 Å². The van der Waals surface area contributed by atoms with Crippen molar-refractivity contribution in [3.63, 3.8) is 0 Å². The van der Waals surface area contributed by atoms with Gasteiger partial charge in [0.1, 0.15) is 5.94 Å². The quantitative estimate of drug-likeness (QED) is 0.319. The van der Waals surface area contributed by atoms with E-state index < -0.39 is 0 Å². The molecule has 18 heavy (non-hydrogen) atoms. The van der Waals surface area contributed by atoms with Crippen molar-refractivity contribution in [2.45, 2.75) is 32.1 Å². The highest BCUT2D eigenvalue weighted by molar-refractivity contribution is 5.48. The highest BCUT2D eigenvalue weighted by atomic mass is 16.1. The van der Waals surface area contributed by atoms with E-state index in [1.54, 1.807) is 12.0 Å². The van der Waals surface area contributed by atoms with Crippen LogP contribution in [-0.4, -0.2) is 5.94 Å². The third-order valence-electron chi connectivity index (χ3n) is 2.48. The smallest absolute Gasteiger partial charge is 0.124 e. The Kier molecular flexibility index (Phi) is 7.91. The second-order valence-electron chi connectivity index (χ2n) is 3.94. The van der Waals surface area contributed by atoms with Gasteiger partial charge in [-0.3, -0.25) is 0 Å². The van der Waals surface area contributed by atoms with E-state index in [0.717, 1.165) is 32.1 Å². The average Bonchev–Trinajstić information content (AvgIpc) is 2.42. The third kappa shape index (κ3) is 7.28. The van der Waals surface area contributed by atoms with Crippen LogP contribution in [0.5, 0.6) is 0 Å². The maximum absolute atomic E-state index is 9.87. The predicted octanol–water partition coefficient (Wildman–Crippen LogP) is 3.74. The van der Waals surface area contributed by atoms with Gasteiger partial charge in [0.05, 0.1) is 0 Å². The summed E-state index contributed by atoms with van der Waals surface area (Å²) in [7, 11) is 0. The lowest BCUT2D eigenvalue weighted by atomic mass is 10.1. The molecule has 0 amide bonds. The Morgan fingerprint density at radius 2 is 1.83 bits per heavy atom. The van der Waals surface area contributed by atoms with Crippen molar-refractivity contribution < 1.29 is 4.79 Å². The summed E-state index contributed by atoms with van der Waals surface area (Å²) in [5, 5.41) is 0. The van der Waals surface area contributed by atoms with E-state index in [0.29, 0.717) is 0 Å². The van der Waals surface area contributed by atoms with Gasteiger partial charge >= 0.3 is 0 Å². The number of rotatable bonds is 6. The number of allylic oxidation sites excluding steroid dienone is 3. The molecule has 0 aliphatic rings. The van der Waals surface area contributed by atoms with Crippen LogP contribution in [0.3, 0.4) is 0 Å². The first-order valence-corrected chi connectivity index (χ1v) is 6.29. The summed E-state index contributed by atoms with van der Waals surface area (Å²) in [4.78, 5) is 9.87. The highest BCUT2D eigenvalue weighted by Gasteiger charge is 1.87. The summed E-state index contributed by atoms with van der Waals surface area (Å²) in [5.41, 5.74) is 1.34. The molecule has 0 spiro atoms. The van der Waals surface area contributed by atoms with E-state index in [4.69, 9.17) is 0 Å². The zero-order valence-corrected chi connectivity index (χ0v) is 10.6. The van der Waals surface area contributed by atoms with Crippen molar-refractivity contribution in [1.82, 2.24) is 0 Å². The zero-order valence-electron chi connectivity index (χ0n) is 10.6. The van der Waals surface area contributed by atoms with Crippen LogP contribution in [0.15, 0.2) is 48.6 Å². The Bertz CT molecular complexity index is 453. The number of benzene rings is 1. The van der Waals surface area contributed by atoms with Crippen molar-refractivity contribution in [1.29, 1.82) is 0 Å². The van der Waals surface area contributed by atoms with E-state index in [2.05, 4.69) is 36.1 Å². The van der Waals surface area contributed by atoms with Gasteiger partial charge in [0.2, 0.25) is 0 Å². The molecule has 0 atom stereocenters. The summed E-state index contributed by atoms with van der Waals surface area (Å²) in [6.45, 7) is 0. The average molecular weight is 238 g/mol. The topological polar surface area (TPSA) is 17.1 Å². The first kappa shape index (κ1) is 14.0. The van der Waals surface area contributed by atoms with Crippen molar-refractivity contribution in [2.75, 3.05) is 0 Å². The van der Waals surface area contributed by atoms with Crippen molar-refractivity contribution in [3.05, 3.63) is 54.1 Å². The molecule has 0 aromatic heterocycles. The molecule has 0 unspecified atom stereocenters. The Morgan fingerprint density at radius 3 is 2.61 bits per heavy atom. The Labute approximate surface area is 109 Å². The Morgan fingerprint density at radius 1 is 1.06 bits per heavy atom. The third-order valence-corrected chi connectivity index (χ3v) is 2.48. The van der Waals surface area contributed by atoms with E-state index in [9.17, 15) is 4.79 Å². The van der Waals surface area contributed by atoms with Crippen LogP contribution in [-0.2, 0) is 11.2 Å². The SMILES string of the molecule is O=C=CC=CCCCC#CCCc1ccccc1. The molecule has 0 radical (unpaired) electrons. The standard InChI is InChI=1S/C17H18O/c18-16-12-7-5-3-1-2-4-6-9-13-17-14-10-8-11-15-17/h5,7-8,10-12,14-15H,1-3,9,13H2. The van der Waals surface area contributed by atoms with Crippen molar-refractivity contribution >= 4 is 5.94 Å². The van der Waals surface area contributed by atoms with Gasteiger partial charge in [-0.15, -0.1) is 11.8 Å². The molecular weight excluding hydrogens is 220 g/mol.